The second-order valence-corrected chi connectivity index (χ2v) is 13.9. The van der Waals surface area contributed by atoms with Gasteiger partial charge >= 0.3 is 0 Å². The van der Waals surface area contributed by atoms with Crippen molar-refractivity contribution in [3.63, 3.8) is 0 Å². The van der Waals surface area contributed by atoms with Crippen LogP contribution in [-0.4, -0.2) is 9.97 Å². The van der Waals surface area contributed by atoms with E-state index in [9.17, 15) is 0 Å². The summed E-state index contributed by atoms with van der Waals surface area (Å²) in [4.78, 5) is 10.4. The molecular formula is C49H38N2. The Balaban J connectivity index is 1.26. The first-order chi connectivity index (χ1) is 25.2. The molecule has 0 radical (unpaired) electrons. The number of rotatable bonds is 6. The summed E-state index contributed by atoms with van der Waals surface area (Å²) in [5.41, 5.74) is 12.4. The maximum absolute atomic E-state index is 5.32. The molecular weight excluding hydrogens is 617 g/mol. The van der Waals surface area contributed by atoms with Crippen molar-refractivity contribution in [3.8, 4) is 55.9 Å². The van der Waals surface area contributed by atoms with Crippen molar-refractivity contribution in [2.24, 2.45) is 5.92 Å². The van der Waals surface area contributed by atoms with Crippen molar-refractivity contribution in [2.45, 2.75) is 25.7 Å². The molecule has 2 nitrogen and oxygen atoms in total. The number of benzene rings is 6. The lowest BCUT2D eigenvalue weighted by Gasteiger charge is -2.23. The van der Waals surface area contributed by atoms with Crippen LogP contribution >= 0.6 is 0 Å². The van der Waals surface area contributed by atoms with Gasteiger partial charge in [0, 0.05) is 34.5 Å². The quantitative estimate of drug-likeness (QED) is 0.132. The molecule has 8 aromatic rings. The van der Waals surface area contributed by atoms with Crippen LogP contribution in [0.4, 0.5) is 0 Å². The molecule has 1 aliphatic rings. The molecule has 2 heteroatoms. The van der Waals surface area contributed by atoms with E-state index in [1.165, 1.54) is 43.8 Å². The average Bonchev–Trinajstić information content (AvgIpc) is 3.21. The summed E-state index contributed by atoms with van der Waals surface area (Å²) in [6.07, 6.45) is 8.80. The van der Waals surface area contributed by atoms with Gasteiger partial charge in [-0.25, -0.2) is 0 Å². The summed E-state index contributed by atoms with van der Waals surface area (Å²) >= 11 is 0. The first kappa shape index (κ1) is 30.9. The predicted octanol–water partition coefficient (Wildman–Crippen LogP) is 13.2. The summed E-state index contributed by atoms with van der Waals surface area (Å²) in [5.74, 6) is 0.919. The highest BCUT2D eigenvalue weighted by molar-refractivity contribution is 6.14. The Morgan fingerprint density at radius 2 is 1.16 bits per heavy atom. The molecule has 2 aromatic heterocycles. The fourth-order valence-corrected chi connectivity index (χ4v) is 7.78. The number of allylic oxidation sites excluding steroid dienone is 2. The van der Waals surface area contributed by atoms with Gasteiger partial charge in [0.2, 0.25) is 0 Å². The van der Waals surface area contributed by atoms with E-state index in [0.717, 1.165) is 52.2 Å². The lowest BCUT2D eigenvalue weighted by Crippen LogP contribution is -2.09. The summed E-state index contributed by atoms with van der Waals surface area (Å²) < 4.78 is 0. The van der Waals surface area contributed by atoms with Crippen LogP contribution in [0.25, 0.3) is 77.4 Å². The van der Waals surface area contributed by atoms with Gasteiger partial charge in [0.1, 0.15) is 0 Å². The van der Waals surface area contributed by atoms with Crippen molar-refractivity contribution in [1.82, 2.24) is 9.97 Å². The van der Waals surface area contributed by atoms with Gasteiger partial charge in [0.15, 0.2) is 0 Å². The average molecular weight is 655 g/mol. The van der Waals surface area contributed by atoms with E-state index in [0.29, 0.717) is 11.8 Å². The Hall–Kier alpha value is -6.12. The topological polar surface area (TPSA) is 25.8 Å². The normalized spacial score (nSPS) is 15.7. The zero-order valence-corrected chi connectivity index (χ0v) is 28.7. The van der Waals surface area contributed by atoms with Crippen molar-refractivity contribution >= 4 is 21.5 Å². The van der Waals surface area contributed by atoms with E-state index in [1.807, 2.05) is 12.3 Å². The fraction of sp³-hybridized carbons (Fsp3) is 0.102. The summed E-state index contributed by atoms with van der Waals surface area (Å²) in [6.45, 7) is 2.31. The molecule has 0 fully saturated rings. The molecule has 0 saturated heterocycles. The number of pyridine rings is 2. The van der Waals surface area contributed by atoms with E-state index in [4.69, 9.17) is 9.97 Å². The fourth-order valence-electron chi connectivity index (χ4n) is 7.78. The predicted molar refractivity (Wildman–Crippen MR) is 215 cm³/mol. The lowest BCUT2D eigenvalue weighted by atomic mass is 9.84. The van der Waals surface area contributed by atoms with Crippen molar-refractivity contribution in [1.29, 1.82) is 0 Å². The molecule has 0 bridgehead atoms. The zero-order chi connectivity index (χ0) is 34.1. The number of hydrogen-bond acceptors (Lipinski definition) is 2. The van der Waals surface area contributed by atoms with Crippen LogP contribution in [0.15, 0.2) is 176 Å². The van der Waals surface area contributed by atoms with Crippen LogP contribution in [0.1, 0.15) is 31.4 Å². The third-order valence-electron chi connectivity index (χ3n) is 10.4. The Bertz CT molecular complexity index is 2530. The minimum absolute atomic E-state index is 0.381. The van der Waals surface area contributed by atoms with Gasteiger partial charge in [0.25, 0.3) is 0 Å². The molecule has 2 heterocycles. The van der Waals surface area contributed by atoms with Crippen molar-refractivity contribution in [2.75, 3.05) is 0 Å². The van der Waals surface area contributed by atoms with E-state index < -0.39 is 0 Å². The van der Waals surface area contributed by atoms with E-state index in [-0.39, 0.29) is 0 Å². The van der Waals surface area contributed by atoms with E-state index in [1.54, 1.807) is 0 Å². The number of aromatic nitrogens is 2. The van der Waals surface area contributed by atoms with Gasteiger partial charge in [-0.3, -0.25) is 9.97 Å². The van der Waals surface area contributed by atoms with Crippen LogP contribution in [0.5, 0.6) is 0 Å². The molecule has 2 atom stereocenters. The van der Waals surface area contributed by atoms with E-state index >= 15 is 0 Å². The second kappa shape index (κ2) is 13.3. The maximum Gasteiger partial charge on any atom is 0.0711 e. The van der Waals surface area contributed by atoms with E-state index in [2.05, 4.69) is 171 Å². The first-order valence-corrected chi connectivity index (χ1v) is 18.0. The summed E-state index contributed by atoms with van der Waals surface area (Å²) in [7, 11) is 0. The Kier molecular flexibility index (Phi) is 8.06. The number of nitrogens with zero attached hydrogens (tertiary/aromatic N) is 2. The Morgan fingerprint density at radius 1 is 0.490 bits per heavy atom. The second-order valence-electron chi connectivity index (χ2n) is 13.9. The molecule has 0 amide bonds. The Labute approximate surface area is 299 Å². The third-order valence-corrected chi connectivity index (χ3v) is 10.4. The molecule has 0 saturated carbocycles. The highest BCUT2D eigenvalue weighted by Crippen LogP contribution is 2.41. The van der Waals surface area contributed by atoms with Gasteiger partial charge in [-0.2, -0.15) is 0 Å². The highest BCUT2D eigenvalue weighted by Gasteiger charge is 2.21. The molecule has 6 aromatic carbocycles. The molecule has 0 N–H and O–H groups in total. The third kappa shape index (κ3) is 6.15. The number of hydrogen-bond donors (Lipinski definition) is 0. The first-order valence-electron chi connectivity index (χ1n) is 18.0. The van der Waals surface area contributed by atoms with Crippen LogP contribution in [-0.2, 0) is 0 Å². The smallest absolute Gasteiger partial charge is 0.0711 e. The molecule has 244 valence electrons. The highest BCUT2D eigenvalue weighted by atomic mass is 14.7. The molecule has 1 aliphatic carbocycles. The maximum atomic E-state index is 5.32. The zero-order valence-electron chi connectivity index (χ0n) is 28.7. The van der Waals surface area contributed by atoms with Crippen molar-refractivity contribution < 1.29 is 0 Å². The molecule has 0 spiro atoms. The van der Waals surface area contributed by atoms with Gasteiger partial charge in [-0.05, 0) is 111 Å². The van der Waals surface area contributed by atoms with Crippen molar-refractivity contribution in [3.05, 3.63) is 182 Å². The van der Waals surface area contributed by atoms with Gasteiger partial charge < -0.3 is 0 Å². The molecule has 2 unspecified atom stereocenters. The van der Waals surface area contributed by atoms with Crippen LogP contribution in [0.2, 0.25) is 0 Å². The largest absolute Gasteiger partial charge is 0.256 e. The standard InChI is InChI=1S/C49H38N2/c1-33-13-12-19-37(25-33)49-31-40(30-48(51-49)35-16-6-3-7-17-35)39-26-41(46-29-36-18-8-9-20-43(36)44-21-10-11-22-45(44)46)28-42(27-39)47-24-23-38(32-50-47)34-14-4-2-5-15-34/h2-18,20-24,26-33,37H,19,25H2,1H3. The number of fused-ring (bicyclic) bond motifs is 3. The molecule has 9 rings (SSSR count). The van der Waals surface area contributed by atoms with Crippen LogP contribution in [0, 0.1) is 5.92 Å². The van der Waals surface area contributed by atoms with Crippen LogP contribution in [0.3, 0.4) is 0 Å². The van der Waals surface area contributed by atoms with Gasteiger partial charge in [-0.1, -0.05) is 134 Å². The summed E-state index contributed by atoms with van der Waals surface area (Å²) in [6, 6.07) is 56.9. The molecule has 0 aliphatic heterocycles. The minimum Gasteiger partial charge on any atom is -0.256 e. The Morgan fingerprint density at radius 3 is 1.92 bits per heavy atom. The lowest BCUT2D eigenvalue weighted by molar-refractivity contribution is 0.506. The summed E-state index contributed by atoms with van der Waals surface area (Å²) in [5, 5.41) is 5.02. The minimum atomic E-state index is 0.381. The van der Waals surface area contributed by atoms with Gasteiger partial charge in [0.05, 0.1) is 11.4 Å². The van der Waals surface area contributed by atoms with Crippen LogP contribution < -0.4 is 0 Å². The monoisotopic (exact) mass is 654 g/mol. The van der Waals surface area contributed by atoms with Gasteiger partial charge in [-0.15, -0.1) is 0 Å². The SMILES string of the molecule is CC1C=CCC(c2cc(-c3cc(-c4ccc(-c5ccccc5)cn4)cc(-c4cc5ccccc5c5ccccc45)c3)cc(-c3ccccc3)n2)C1. The molecule has 51 heavy (non-hydrogen) atoms.